The SMILES string of the molecule is O=C(O)c1cnc(C(=O)N2CCC(COCc3ccccc3)C2)cn1. The maximum absolute atomic E-state index is 12.4. The third-order valence-corrected chi connectivity index (χ3v) is 4.13. The van der Waals surface area contributed by atoms with Crippen LogP contribution in [0.4, 0.5) is 0 Å². The van der Waals surface area contributed by atoms with Gasteiger partial charge in [0.15, 0.2) is 5.69 Å². The number of benzene rings is 1. The van der Waals surface area contributed by atoms with Crippen molar-refractivity contribution in [2.24, 2.45) is 5.92 Å². The number of aromatic nitrogens is 2. The molecule has 0 spiro atoms. The second-order valence-corrected chi connectivity index (χ2v) is 6.00. The van der Waals surface area contributed by atoms with Gasteiger partial charge in [0.05, 0.1) is 25.6 Å². The van der Waals surface area contributed by atoms with Gasteiger partial charge in [-0.05, 0) is 12.0 Å². The number of amides is 1. The van der Waals surface area contributed by atoms with Crippen molar-refractivity contribution in [3.63, 3.8) is 0 Å². The number of hydrogen-bond acceptors (Lipinski definition) is 5. The Morgan fingerprint density at radius 3 is 2.56 bits per heavy atom. The minimum absolute atomic E-state index is 0.163. The molecule has 2 heterocycles. The van der Waals surface area contributed by atoms with Crippen molar-refractivity contribution in [1.29, 1.82) is 0 Å². The fourth-order valence-electron chi connectivity index (χ4n) is 2.78. The Labute approximate surface area is 145 Å². The van der Waals surface area contributed by atoms with Crippen LogP contribution in [0.3, 0.4) is 0 Å². The van der Waals surface area contributed by atoms with E-state index in [1.54, 1.807) is 4.90 Å². The molecule has 7 nitrogen and oxygen atoms in total. The van der Waals surface area contributed by atoms with Gasteiger partial charge in [0.1, 0.15) is 5.69 Å². The maximum Gasteiger partial charge on any atom is 0.356 e. The lowest BCUT2D eigenvalue weighted by Crippen LogP contribution is -2.30. The Balaban J connectivity index is 1.48. The smallest absolute Gasteiger partial charge is 0.356 e. The number of carbonyl (C=O) groups is 2. The number of hydrogen-bond donors (Lipinski definition) is 1. The summed E-state index contributed by atoms with van der Waals surface area (Å²) < 4.78 is 5.75. The number of rotatable bonds is 6. The first-order chi connectivity index (χ1) is 12.1. The molecule has 1 amide bonds. The molecule has 130 valence electrons. The van der Waals surface area contributed by atoms with Gasteiger partial charge in [-0.25, -0.2) is 14.8 Å². The molecule has 0 bridgehead atoms. The Morgan fingerprint density at radius 2 is 1.88 bits per heavy atom. The van der Waals surface area contributed by atoms with Crippen molar-refractivity contribution in [1.82, 2.24) is 14.9 Å². The summed E-state index contributed by atoms with van der Waals surface area (Å²) in [4.78, 5) is 32.5. The van der Waals surface area contributed by atoms with E-state index in [4.69, 9.17) is 9.84 Å². The lowest BCUT2D eigenvalue weighted by molar-refractivity contribution is 0.0684. The molecular formula is C18H19N3O4. The van der Waals surface area contributed by atoms with Gasteiger partial charge in [0.25, 0.3) is 5.91 Å². The maximum atomic E-state index is 12.4. The lowest BCUT2D eigenvalue weighted by atomic mass is 10.1. The van der Waals surface area contributed by atoms with E-state index in [9.17, 15) is 9.59 Å². The van der Waals surface area contributed by atoms with Crippen LogP contribution in [0.5, 0.6) is 0 Å². The molecule has 1 atom stereocenters. The zero-order valence-electron chi connectivity index (χ0n) is 13.7. The van der Waals surface area contributed by atoms with Gasteiger partial charge in [-0.3, -0.25) is 4.79 Å². The van der Waals surface area contributed by atoms with E-state index in [1.165, 1.54) is 6.20 Å². The highest BCUT2D eigenvalue weighted by Crippen LogP contribution is 2.19. The predicted molar refractivity (Wildman–Crippen MR) is 89.1 cm³/mol. The van der Waals surface area contributed by atoms with Crippen LogP contribution < -0.4 is 0 Å². The highest BCUT2D eigenvalue weighted by molar-refractivity contribution is 5.93. The van der Waals surface area contributed by atoms with E-state index >= 15 is 0 Å². The quantitative estimate of drug-likeness (QED) is 0.862. The molecule has 1 saturated heterocycles. The highest BCUT2D eigenvalue weighted by atomic mass is 16.5. The van der Waals surface area contributed by atoms with E-state index in [0.29, 0.717) is 32.2 Å². The first-order valence-corrected chi connectivity index (χ1v) is 8.10. The molecule has 0 radical (unpaired) electrons. The van der Waals surface area contributed by atoms with Crippen molar-refractivity contribution in [2.45, 2.75) is 13.0 Å². The van der Waals surface area contributed by atoms with Crippen LogP contribution in [-0.2, 0) is 11.3 Å². The second kappa shape index (κ2) is 7.85. The van der Waals surface area contributed by atoms with Crippen LogP contribution >= 0.6 is 0 Å². The number of nitrogens with zero attached hydrogens (tertiary/aromatic N) is 3. The zero-order valence-corrected chi connectivity index (χ0v) is 13.7. The molecule has 1 aliphatic rings. The molecule has 3 rings (SSSR count). The third-order valence-electron chi connectivity index (χ3n) is 4.13. The largest absolute Gasteiger partial charge is 0.476 e. The van der Waals surface area contributed by atoms with E-state index < -0.39 is 5.97 Å². The van der Waals surface area contributed by atoms with Gasteiger partial charge < -0.3 is 14.7 Å². The Kier molecular flexibility index (Phi) is 5.35. The second-order valence-electron chi connectivity index (χ2n) is 6.00. The van der Waals surface area contributed by atoms with Crippen molar-refractivity contribution in [2.75, 3.05) is 19.7 Å². The molecule has 1 aromatic heterocycles. The molecular weight excluding hydrogens is 322 g/mol. The number of likely N-dealkylation sites (tertiary alicyclic amines) is 1. The Morgan fingerprint density at radius 1 is 1.16 bits per heavy atom. The van der Waals surface area contributed by atoms with Gasteiger partial charge in [-0.1, -0.05) is 30.3 Å². The van der Waals surface area contributed by atoms with Crippen molar-refractivity contribution in [3.05, 3.63) is 59.7 Å². The number of carboxylic acid groups (broad SMARTS) is 1. The molecule has 0 aliphatic carbocycles. The minimum Gasteiger partial charge on any atom is -0.476 e. The molecule has 1 aromatic carbocycles. The Bertz CT molecular complexity index is 734. The van der Waals surface area contributed by atoms with Crippen LogP contribution in [0.15, 0.2) is 42.7 Å². The molecule has 1 aliphatic heterocycles. The van der Waals surface area contributed by atoms with Gasteiger partial charge in [-0.15, -0.1) is 0 Å². The van der Waals surface area contributed by atoms with Crippen LogP contribution in [0.25, 0.3) is 0 Å². The minimum atomic E-state index is -1.16. The van der Waals surface area contributed by atoms with Crippen LogP contribution in [0.2, 0.25) is 0 Å². The lowest BCUT2D eigenvalue weighted by Gasteiger charge is -2.16. The van der Waals surface area contributed by atoms with Crippen LogP contribution in [0.1, 0.15) is 33.0 Å². The van der Waals surface area contributed by atoms with Crippen molar-refractivity contribution < 1.29 is 19.4 Å². The predicted octanol–water partition coefficient (Wildman–Crippen LogP) is 1.85. The number of ether oxygens (including phenoxy) is 1. The summed E-state index contributed by atoms with van der Waals surface area (Å²) in [5, 5.41) is 8.81. The summed E-state index contributed by atoms with van der Waals surface area (Å²) in [5.74, 6) is -1.10. The summed E-state index contributed by atoms with van der Waals surface area (Å²) in [6, 6.07) is 9.96. The standard InChI is InChI=1S/C18H19N3O4/c22-17(15-8-20-16(9-19-15)18(23)24)21-7-6-14(10-21)12-25-11-13-4-2-1-3-5-13/h1-5,8-9,14H,6-7,10-12H2,(H,23,24). The highest BCUT2D eigenvalue weighted by Gasteiger charge is 2.28. The average molecular weight is 341 g/mol. The van der Waals surface area contributed by atoms with Gasteiger partial charge in [-0.2, -0.15) is 0 Å². The topological polar surface area (TPSA) is 92.6 Å². The normalized spacial score (nSPS) is 16.8. The fourth-order valence-corrected chi connectivity index (χ4v) is 2.78. The van der Waals surface area contributed by atoms with Crippen molar-refractivity contribution in [3.8, 4) is 0 Å². The molecule has 7 heteroatoms. The average Bonchev–Trinajstić information content (AvgIpc) is 3.11. The molecule has 1 fully saturated rings. The molecule has 1 N–H and O–H groups in total. The molecule has 2 aromatic rings. The zero-order chi connectivity index (χ0) is 17.6. The number of aromatic carboxylic acids is 1. The number of carbonyl (C=O) groups excluding carboxylic acids is 1. The van der Waals surface area contributed by atoms with Gasteiger partial charge in [0.2, 0.25) is 0 Å². The van der Waals surface area contributed by atoms with Crippen LogP contribution in [-0.4, -0.2) is 51.5 Å². The summed E-state index contributed by atoms with van der Waals surface area (Å²) in [7, 11) is 0. The van der Waals surface area contributed by atoms with E-state index in [2.05, 4.69) is 9.97 Å². The fraction of sp³-hybridized carbons (Fsp3) is 0.333. The summed E-state index contributed by atoms with van der Waals surface area (Å²) in [6.45, 7) is 2.41. The molecule has 25 heavy (non-hydrogen) atoms. The summed E-state index contributed by atoms with van der Waals surface area (Å²) >= 11 is 0. The monoisotopic (exact) mass is 341 g/mol. The Hall–Kier alpha value is -2.80. The molecule has 1 unspecified atom stereocenters. The number of carboxylic acids is 1. The van der Waals surface area contributed by atoms with Gasteiger partial charge >= 0.3 is 5.97 Å². The summed E-state index contributed by atoms with van der Waals surface area (Å²) in [5.41, 5.74) is 1.11. The first-order valence-electron chi connectivity index (χ1n) is 8.10. The van der Waals surface area contributed by atoms with Gasteiger partial charge in [0, 0.05) is 19.0 Å². The van der Waals surface area contributed by atoms with E-state index in [-0.39, 0.29) is 17.3 Å². The molecule has 0 saturated carbocycles. The summed E-state index contributed by atoms with van der Waals surface area (Å²) in [6.07, 6.45) is 3.19. The first kappa shape index (κ1) is 17.0. The van der Waals surface area contributed by atoms with E-state index in [1.807, 2.05) is 30.3 Å². The van der Waals surface area contributed by atoms with Crippen molar-refractivity contribution >= 4 is 11.9 Å². The van der Waals surface area contributed by atoms with E-state index in [0.717, 1.165) is 18.2 Å². The third kappa shape index (κ3) is 4.39. The van der Waals surface area contributed by atoms with Crippen LogP contribution in [0, 0.1) is 5.92 Å².